The third kappa shape index (κ3) is 8.20. The van der Waals surface area contributed by atoms with E-state index in [1.807, 2.05) is 0 Å². The normalized spacial score (nSPS) is 9.11. The Morgan fingerprint density at radius 2 is 1.33 bits per heavy atom. The SMILES string of the molecule is O=C(P)CCCC(=O)P. The van der Waals surface area contributed by atoms with Crippen LogP contribution in [0.4, 0.5) is 0 Å². The fraction of sp³-hybridized carbons (Fsp3) is 0.600. The summed E-state index contributed by atoms with van der Waals surface area (Å²) in [5.41, 5.74) is 0.141. The molecule has 0 aromatic carbocycles. The second-order valence-electron chi connectivity index (χ2n) is 1.79. The van der Waals surface area contributed by atoms with Crippen LogP contribution in [-0.4, -0.2) is 11.0 Å². The first-order valence-electron chi connectivity index (χ1n) is 2.69. The summed E-state index contributed by atoms with van der Waals surface area (Å²) in [7, 11) is 4.17. The predicted octanol–water partition coefficient (Wildman–Crippen LogP) is 0.960. The lowest BCUT2D eigenvalue weighted by atomic mass is 10.3. The fourth-order valence-corrected chi connectivity index (χ4v) is 0.845. The summed E-state index contributed by atoms with van der Waals surface area (Å²) in [6.07, 6.45) is 1.65. The maximum atomic E-state index is 10.3. The molecular weight excluding hydrogens is 154 g/mol. The van der Waals surface area contributed by atoms with Gasteiger partial charge in [0.1, 0.15) is 11.0 Å². The summed E-state index contributed by atoms with van der Waals surface area (Å²) in [5, 5.41) is 0. The molecule has 0 rings (SSSR count). The number of rotatable bonds is 4. The second-order valence-corrected chi connectivity index (χ2v) is 3.07. The fourth-order valence-electron chi connectivity index (χ4n) is 0.437. The molecule has 9 heavy (non-hydrogen) atoms. The number of hydrogen-bond acceptors (Lipinski definition) is 2. The summed E-state index contributed by atoms with van der Waals surface area (Å²) < 4.78 is 0. The Labute approximate surface area is 59.2 Å². The van der Waals surface area contributed by atoms with E-state index in [0.29, 0.717) is 19.3 Å². The highest BCUT2D eigenvalue weighted by molar-refractivity contribution is 7.40. The van der Waals surface area contributed by atoms with Gasteiger partial charge in [0.15, 0.2) is 0 Å². The minimum absolute atomic E-state index is 0.0706. The van der Waals surface area contributed by atoms with Crippen molar-refractivity contribution in [2.24, 2.45) is 0 Å². The van der Waals surface area contributed by atoms with Crippen LogP contribution in [0.25, 0.3) is 0 Å². The van der Waals surface area contributed by atoms with Gasteiger partial charge in [0.05, 0.1) is 0 Å². The van der Waals surface area contributed by atoms with Crippen LogP contribution < -0.4 is 0 Å². The van der Waals surface area contributed by atoms with E-state index in [9.17, 15) is 9.59 Å². The van der Waals surface area contributed by atoms with Crippen molar-refractivity contribution < 1.29 is 9.59 Å². The standard InChI is InChI=1S/C5H10O2P2/c6-4(8)2-1-3-5(7)9/h1-3,8-9H2. The lowest BCUT2D eigenvalue weighted by Crippen LogP contribution is -1.89. The molecule has 0 aromatic heterocycles. The molecule has 52 valence electrons. The summed E-state index contributed by atoms with van der Waals surface area (Å²) in [6, 6.07) is 0. The van der Waals surface area contributed by atoms with Crippen LogP contribution in [0.15, 0.2) is 0 Å². The van der Waals surface area contributed by atoms with Gasteiger partial charge in [0, 0.05) is 12.8 Å². The van der Waals surface area contributed by atoms with Crippen molar-refractivity contribution in [2.75, 3.05) is 0 Å². The van der Waals surface area contributed by atoms with Crippen molar-refractivity contribution >= 4 is 29.5 Å². The molecule has 0 heterocycles. The van der Waals surface area contributed by atoms with E-state index in [1.165, 1.54) is 0 Å². The Morgan fingerprint density at radius 3 is 1.56 bits per heavy atom. The topological polar surface area (TPSA) is 34.1 Å². The Balaban J connectivity index is 3.10. The first kappa shape index (κ1) is 9.20. The highest BCUT2D eigenvalue weighted by Crippen LogP contribution is 2.03. The third-order valence-electron chi connectivity index (χ3n) is 0.846. The molecule has 0 aliphatic heterocycles. The van der Waals surface area contributed by atoms with E-state index in [1.54, 1.807) is 0 Å². The maximum absolute atomic E-state index is 10.3. The summed E-state index contributed by atoms with van der Waals surface area (Å²) in [4.78, 5) is 20.5. The average Bonchev–Trinajstić information content (AvgIpc) is 1.63. The van der Waals surface area contributed by atoms with Gasteiger partial charge in [-0.2, -0.15) is 0 Å². The number of carbonyl (C=O) groups excluding carboxylic acids is 2. The molecule has 0 saturated carbocycles. The van der Waals surface area contributed by atoms with Gasteiger partial charge < -0.3 is 0 Å². The molecule has 0 fully saturated rings. The monoisotopic (exact) mass is 164 g/mol. The van der Waals surface area contributed by atoms with Gasteiger partial charge in [-0.3, -0.25) is 9.59 Å². The van der Waals surface area contributed by atoms with Crippen LogP contribution in [0, 0.1) is 0 Å². The van der Waals surface area contributed by atoms with Crippen molar-refractivity contribution in [3.8, 4) is 0 Å². The van der Waals surface area contributed by atoms with Crippen LogP contribution in [-0.2, 0) is 9.59 Å². The van der Waals surface area contributed by atoms with Gasteiger partial charge in [-0.1, -0.05) is 18.5 Å². The molecule has 0 amide bonds. The quantitative estimate of drug-likeness (QED) is 0.580. The molecule has 0 aliphatic carbocycles. The minimum Gasteiger partial charge on any atom is -0.295 e. The van der Waals surface area contributed by atoms with E-state index in [2.05, 4.69) is 18.5 Å². The lowest BCUT2D eigenvalue weighted by molar-refractivity contribution is -0.112. The minimum atomic E-state index is 0.0706. The van der Waals surface area contributed by atoms with E-state index < -0.39 is 0 Å². The van der Waals surface area contributed by atoms with Crippen molar-refractivity contribution in [2.45, 2.75) is 19.3 Å². The number of hydrogen-bond donors (Lipinski definition) is 0. The van der Waals surface area contributed by atoms with Gasteiger partial charge >= 0.3 is 0 Å². The first-order valence-corrected chi connectivity index (χ1v) is 3.85. The molecule has 0 radical (unpaired) electrons. The van der Waals surface area contributed by atoms with Gasteiger partial charge in [0.2, 0.25) is 0 Å². The van der Waals surface area contributed by atoms with Crippen molar-refractivity contribution in [3.63, 3.8) is 0 Å². The van der Waals surface area contributed by atoms with E-state index >= 15 is 0 Å². The molecule has 2 atom stereocenters. The Hall–Kier alpha value is 0.200. The highest BCUT2D eigenvalue weighted by atomic mass is 31.0. The second kappa shape index (κ2) is 5.02. The zero-order chi connectivity index (χ0) is 7.28. The molecule has 2 nitrogen and oxygen atoms in total. The Kier molecular flexibility index (Phi) is 5.13. The molecule has 2 unspecified atom stereocenters. The van der Waals surface area contributed by atoms with Crippen molar-refractivity contribution in [1.29, 1.82) is 0 Å². The maximum Gasteiger partial charge on any atom is 0.148 e. The third-order valence-corrected chi connectivity index (χ3v) is 1.42. The van der Waals surface area contributed by atoms with Gasteiger partial charge in [-0.15, -0.1) is 0 Å². The summed E-state index contributed by atoms with van der Waals surface area (Å²) >= 11 is 0. The lowest BCUT2D eigenvalue weighted by Gasteiger charge is -1.90. The Bertz CT molecular complexity index is 108. The van der Waals surface area contributed by atoms with Crippen LogP contribution in [0.5, 0.6) is 0 Å². The van der Waals surface area contributed by atoms with Gasteiger partial charge in [-0.25, -0.2) is 0 Å². The Morgan fingerprint density at radius 1 is 1.00 bits per heavy atom. The summed E-state index contributed by atoms with van der Waals surface area (Å²) in [6.45, 7) is 0. The average molecular weight is 164 g/mol. The smallest absolute Gasteiger partial charge is 0.148 e. The molecule has 0 aliphatic rings. The molecule has 4 heteroatoms. The molecule has 0 N–H and O–H groups in total. The van der Waals surface area contributed by atoms with Gasteiger partial charge in [-0.05, 0) is 6.42 Å². The molecule has 0 saturated heterocycles. The van der Waals surface area contributed by atoms with Gasteiger partial charge in [0.25, 0.3) is 0 Å². The first-order chi connectivity index (χ1) is 4.13. The molecule has 0 bridgehead atoms. The zero-order valence-corrected chi connectivity index (χ0v) is 7.40. The van der Waals surface area contributed by atoms with Crippen LogP contribution in [0.3, 0.4) is 0 Å². The zero-order valence-electron chi connectivity index (χ0n) is 5.09. The number of carbonyl (C=O) groups is 2. The molecular formula is C5H10O2P2. The van der Waals surface area contributed by atoms with Crippen molar-refractivity contribution in [1.82, 2.24) is 0 Å². The molecule has 0 aromatic rings. The van der Waals surface area contributed by atoms with Crippen molar-refractivity contribution in [3.05, 3.63) is 0 Å². The predicted molar refractivity (Wildman–Crippen MR) is 43.3 cm³/mol. The summed E-state index contributed by atoms with van der Waals surface area (Å²) in [5.74, 6) is 0. The largest absolute Gasteiger partial charge is 0.295 e. The van der Waals surface area contributed by atoms with E-state index in [-0.39, 0.29) is 11.0 Å². The van der Waals surface area contributed by atoms with Crippen LogP contribution in [0.2, 0.25) is 0 Å². The van der Waals surface area contributed by atoms with Crippen LogP contribution >= 0.6 is 18.5 Å². The van der Waals surface area contributed by atoms with E-state index in [4.69, 9.17) is 0 Å². The highest BCUT2D eigenvalue weighted by Gasteiger charge is 1.95. The molecule has 0 spiro atoms. The van der Waals surface area contributed by atoms with Crippen LogP contribution in [0.1, 0.15) is 19.3 Å². The van der Waals surface area contributed by atoms with E-state index in [0.717, 1.165) is 0 Å².